The average Bonchev–Trinajstić information content (AvgIpc) is 2.29. The van der Waals surface area contributed by atoms with Gasteiger partial charge in [0.15, 0.2) is 0 Å². The third-order valence-electron chi connectivity index (χ3n) is 2.11. The summed E-state index contributed by atoms with van der Waals surface area (Å²) < 4.78 is 9.81. The molecule has 12 heavy (non-hydrogen) atoms. The van der Waals surface area contributed by atoms with Crippen LogP contribution in [0.1, 0.15) is 19.3 Å². The lowest BCUT2D eigenvalue weighted by molar-refractivity contribution is -0.149. The van der Waals surface area contributed by atoms with Gasteiger partial charge in [-0.3, -0.25) is 0 Å². The third-order valence-corrected chi connectivity index (χ3v) is 2.11. The van der Waals surface area contributed by atoms with Crippen LogP contribution < -0.4 is 5.73 Å². The molecule has 0 aromatic carbocycles. The molecule has 4 nitrogen and oxygen atoms in total. The van der Waals surface area contributed by atoms with Crippen LogP contribution in [-0.2, 0) is 14.3 Å². The zero-order chi connectivity index (χ0) is 9.03. The van der Waals surface area contributed by atoms with E-state index >= 15 is 0 Å². The number of carbonyl (C=O) groups excluding carboxylic acids is 1. The molecule has 1 atom stereocenters. The van der Waals surface area contributed by atoms with Gasteiger partial charge in [0.2, 0.25) is 0 Å². The van der Waals surface area contributed by atoms with Gasteiger partial charge in [-0.25, -0.2) is 4.79 Å². The first-order valence-corrected chi connectivity index (χ1v) is 4.14. The van der Waals surface area contributed by atoms with E-state index in [4.69, 9.17) is 10.5 Å². The van der Waals surface area contributed by atoms with E-state index in [9.17, 15) is 4.79 Å². The number of methoxy groups -OCH3 is 1. The number of ether oxygens (including phenoxy) is 2. The molecule has 1 aliphatic heterocycles. The van der Waals surface area contributed by atoms with Gasteiger partial charge in [0, 0.05) is 6.61 Å². The molecule has 1 saturated heterocycles. The molecule has 0 amide bonds. The van der Waals surface area contributed by atoms with Crippen LogP contribution in [0, 0.1) is 0 Å². The Morgan fingerprint density at radius 3 is 3.00 bits per heavy atom. The maximum Gasteiger partial charge on any atom is 0.328 e. The number of hydrogen-bond acceptors (Lipinski definition) is 4. The van der Waals surface area contributed by atoms with E-state index in [0.29, 0.717) is 13.0 Å². The van der Waals surface area contributed by atoms with Gasteiger partial charge in [-0.2, -0.15) is 0 Å². The van der Waals surface area contributed by atoms with Crippen molar-refractivity contribution in [2.45, 2.75) is 24.8 Å². The largest absolute Gasteiger partial charge is 0.468 e. The topological polar surface area (TPSA) is 61.5 Å². The molecule has 0 aromatic rings. The molecule has 0 saturated carbocycles. The predicted octanol–water partition coefficient (Wildman–Crippen LogP) is 0.0574. The number of carbonyl (C=O) groups is 1. The fourth-order valence-electron chi connectivity index (χ4n) is 1.34. The Labute approximate surface area is 72.0 Å². The van der Waals surface area contributed by atoms with Gasteiger partial charge < -0.3 is 15.2 Å². The van der Waals surface area contributed by atoms with Crippen LogP contribution >= 0.6 is 0 Å². The van der Waals surface area contributed by atoms with Crippen LogP contribution in [0.2, 0.25) is 0 Å². The van der Waals surface area contributed by atoms with Crippen LogP contribution in [0.4, 0.5) is 0 Å². The highest BCUT2D eigenvalue weighted by molar-refractivity contribution is 5.80. The smallest absolute Gasteiger partial charge is 0.328 e. The number of hydrogen-bond donors (Lipinski definition) is 1. The highest BCUT2D eigenvalue weighted by atomic mass is 16.5. The summed E-state index contributed by atoms with van der Waals surface area (Å²) in [5.74, 6) is -0.371. The fourth-order valence-corrected chi connectivity index (χ4v) is 1.34. The first-order chi connectivity index (χ1) is 5.69. The lowest BCUT2D eigenvalue weighted by Gasteiger charge is -2.23. The van der Waals surface area contributed by atoms with Gasteiger partial charge in [0.25, 0.3) is 0 Å². The molecule has 1 aliphatic rings. The first kappa shape index (κ1) is 9.48. The van der Waals surface area contributed by atoms with Crippen LogP contribution in [-0.4, -0.2) is 31.8 Å². The lowest BCUT2D eigenvalue weighted by Crippen LogP contribution is -2.51. The van der Waals surface area contributed by atoms with Crippen molar-refractivity contribution in [2.24, 2.45) is 5.73 Å². The van der Waals surface area contributed by atoms with Crippen molar-refractivity contribution in [3.63, 3.8) is 0 Å². The molecule has 1 heterocycles. The van der Waals surface area contributed by atoms with Crippen molar-refractivity contribution < 1.29 is 14.3 Å². The summed E-state index contributed by atoms with van der Waals surface area (Å²) in [4.78, 5) is 11.2. The van der Waals surface area contributed by atoms with E-state index in [-0.39, 0.29) is 12.6 Å². The highest BCUT2D eigenvalue weighted by Gasteiger charge is 2.36. The quantitative estimate of drug-likeness (QED) is 0.569. The minimum absolute atomic E-state index is 0.277. The zero-order valence-corrected chi connectivity index (χ0v) is 7.34. The van der Waals surface area contributed by atoms with Crippen molar-refractivity contribution in [3.8, 4) is 0 Å². The van der Waals surface area contributed by atoms with E-state index in [1.807, 2.05) is 0 Å². The Morgan fingerprint density at radius 1 is 1.58 bits per heavy atom. The maximum absolute atomic E-state index is 11.2. The summed E-state index contributed by atoms with van der Waals surface area (Å²) >= 11 is 0. The summed E-state index contributed by atoms with van der Waals surface area (Å²) in [5, 5.41) is 0. The SMILES string of the molecule is COC(=O)C1(N)CCCCOC1. The Hall–Kier alpha value is -0.610. The lowest BCUT2D eigenvalue weighted by atomic mass is 9.96. The second kappa shape index (κ2) is 3.87. The van der Waals surface area contributed by atoms with Crippen LogP contribution in [0.5, 0.6) is 0 Å². The van der Waals surface area contributed by atoms with Crippen LogP contribution in [0.15, 0.2) is 0 Å². The highest BCUT2D eigenvalue weighted by Crippen LogP contribution is 2.17. The van der Waals surface area contributed by atoms with Gasteiger partial charge >= 0.3 is 5.97 Å². The molecule has 0 aliphatic carbocycles. The molecule has 0 aromatic heterocycles. The van der Waals surface area contributed by atoms with Crippen LogP contribution in [0.3, 0.4) is 0 Å². The molecule has 1 unspecified atom stereocenters. The maximum atomic E-state index is 11.2. The minimum atomic E-state index is -0.911. The molecule has 0 spiro atoms. The van der Waals surface area contributed by atoms with Gasteiger partial charge in [-0.15, -0.1) is 0 Å². The second-order valence-corrected chi connectivity index (χ2v) is 3.16. The molecule has 0 radical (unpaired) electrons. The molecular formula is C8H15NO3. The van der Waals surface area contributed by atoms with Crippen molar-refractivity contribution in [3.05, 3.63) is 0 Å². The summed E-state index contributed by atoms with van der Waals surface area (Å²) in [7, 11) is 1.35. The summed E-state index contributed by atoms with van der Waals surface area (Å²) in [5.41, 5.74) is 4.90. The van der Waals surface area contributed by atoms with Crippen molar-refractivity contribution in [2.75, 3.05) is 20.3 Å². The number of rotatable bonds is 1. The summed E-state index contributed by atoms with van der Waals surface area (Å²) in [6.45, 7) is 0.968. The van der Waals surface area contributed by atoms with Crippen molar-refractivity contribution in [1.29, 1.82) is 0 Å². The molecule has 0 bridgehead atoms. The summed E-state index contributed by atoms with van der Waals surface area (Å²) in [6.07, 6.45) is 2.54. The van der Waals surface area contributed by atoms with E-state index in [1.165, 1.54) is 7.11 Å². The van der Waals surface area contributed by atoms with E-state index in [2.05, 4.69) is 4.74 Å². The molecule has 1 fully saturated rings. The van der Waals surface area contributed by atoms with Crippen molar-refractivity contribution >= 4 is 5.97 Å². The molecular weight excluding hydrogens is 158 g/mol. The van der Waals surface area contributed by atoms with Gasteiger partial charge in [-0.05, 0) is 19.3 Å². The monoisotopic (exact) mass is 173 g/mol. The van der Waals surface area contributed by atoms with Gasteiger partial charge in [0.05, 0.1) is 13.7 Å². The summed E-state index contributed by atoms with van der Waals surface area (Å²) in [6, 6.07) is 0. The first-order valence-electron chi connectivity index (χ1n) is 4.14. The van der Waals surface area contributed by atoms with E-state index < -0.39 is 5.54 Å². The zero-order valence-electron chi connectivity index (χ0n) is 7.34. The van der Waals surface area contributed by atoms with Gasteiger partial charge in [0.1, 0.15) is 5.54 Å². The van der Waals surface area contributed by atoms with Crippen LogP contribution in [0.25, 0.3) is 0 Å². The van der Waals surface area contributed by atoms with Crippen molar-refractivity contribution in [1.82, 2.24) is 0 Å². The normalized spacial score (nSPS) is 30.8. The number of nitrogens with two attached hydrogens (primary N) is 1. The number of esters is 1. The molecule has 2 N–H and O–H groups in total. The predicted molar refractivity (Wildman–Crippen MR) is 43.6 cm³/mol. The third kappa shape index (κ3) is 1.95. The fraction of sp³-hybridized carbons (Fsp3) is 0.875. The van der Waals surface area contributed by atoms with Gasteiger partial charge in [-0.1, -0.05) is 0 Å². The minimum Gasteiger partial charge on any atom is -0.468 e. The van der Waals surface area contributed by atoms with E-state index in [0.717, 1.165) is 12.8 Å². The average molecular weight is 173 g/mol. The Balaban J connectivity index is 2.59. The molecule has 4 heteroatoms. The Morgan fingerprint density at radius 2 is 2.33 bits per heavy atom. The molecule has 1 rings (SSSR count). The Kier molecular flexibility index (Phi) is 3.05. The second-order valence-electron chi connectivity index (χ2n) is 3.16. The standard InChI is InChI=1S/C8H15NO3/c1-11-7(10)8(9)4-2-3-5-12-6-8/h2-6,9H2,1H3. The van der Waals surface area contributed by atoms with E-state index in [1.54, 1.807) is 0 Å². The Bertz CT molecular complexity index is 162. The molecule has 70 valence electrons.